The first kappa shape index (κ1) is 17.2. The predicted octanol–water partition coefficient (Wildman–Crippen LogP) is 3.67. The van der Waals surface area contributed by atoms with Crippen molar-refractivity contribution >= 4 is 29.2 Å². The number of methoxy groups -OCH3 is 1. The zero-order chi connectivity index (χ0) is 19.0. The maximum atomic E-state index is 14.6. The third-order valence-electron chi connectivity index (χ3n) is 4.34. The van der Waals surface area contributed by atoms with Gasteiger partial charge in [-0.1, -0.05) is 41.9 Å². The molecule has 2 aromatic carbocycles. The normalized spacial score (nSPS) is 15.9. The largest absolute Gasteiger partial charge is 0.466 e. The van der Waals surface area contributed by atoms with E-state index in [0.29, 0.717) is 22.2 Å². The van der Waals surface area contributed by atoms with E-state index in [2.05, 4.69) is 15.4 Å². The maximum Gasteiger partial charge on any atom is 0.338 e. The van der Waals surface area contributed by atoms with Crippen molar-refractivity contribution < 1.29 is 13.9 Å². The lowest BCUT2D eigenvalue weighted by Gasteiger charge is -2.29. The molecule has 1 aliphatic heterocycles. The Hall–Kier alpha value is -3.19. The van der Waals surface area contributed by atoms with E-state index in [1.807, 2.05) is 0 Å². The molecule has 6 nitrogen and oxygen atoms in total. The number of anilines is 1. The number of hydrogen-bond donors (Lipinski definition) is 1. The van der Waals surface area contributed by atoms with Gasteiger partial charge in [-0.25, -0.2) is 13.9 Å². The van der Waals surface area contributed by atoms with E-state index >= 15 is 0 Å². The summed E-state index contributed by atoms with van der Waals surface area (Å²) in [6.45, 7) is 0. The molecule has 0 amide bonds. The number of hydrogen-bond acceptors (Lipinski definition) is 5. The van der Waals surface area contributed by atoms with E-state index in [1.54, 1.807) is 42.5 Å². The van der Waals surface area contributed by atoms with Crippen LogP contribution in [0.2, 0.25) is 5.02 Å². The number of ether oxygens (including phenoxy) is 1. The van der Waals surface area contributed by atoms with Crippen LogP contribution < -0.4 is 5.32 Å². The molecule has 0 bridgehead atoms. The van der Waals surface area contributed by atoms with E-state index in [-0.39, 0.29) is 11.1 Å². The fraction of sp³-hybridized carbons (Fsp3) is 0.105. The Morgan fingerprint density at radius 2 is 1.96 bits per heavy atom. The zero-order valence-corrected chi connectivity index (χ0v) is 14.9. The Kier molecular flexibility index (Phi) is 4.37. The minimum absolute atomic E-state index is 0.225. The van der Waals surface area contributed by atoms with Crippen LogP contribution in [0.5, 0.6) is 0 Å². The number of fused-ring (bicyclic) bond motifs is 1. The number of esters is 1. The number of nitrogens with one attached hydrogen (secondary N) is 1. The summed E-state index contributed by atoms with van der Waals surface area (Å²) in [6.07, 6.45) is 1.34. The molecule has 1 N–H and O–H groups in total. The number of benzene rings is 2. The number of nitrogens with zero attached hydrogens (tertiary/aromatic N) is 3. The van der Waals surface area contributed by atoms with Crippen molar-refractivity contribution in [3.8, 4) is 0 Å². The molecule has 4 rings (SSSR count). The molecule has 27 heavy (non-hydrogen) atoms. The Morgan fingerprint density at radius 1 is 1.22 bits per heavy atom. The summed E-state index contributed by atoms with van der Waals surface area (Å²) in [4.78, 5) is 16.9. The van der Waals surface area contributed by atoms with E-state index in [1.165, 1.54) is 24.2 Å². The van der Waals surface area contributed by atoms with Crippen molar-refractivity contribution in [1.82, 2.24) is 14.8 Å². The monoisotopic (exact) mass is 384 g/mol. The van der Waals surface area contributed by atoms with Gasteiger partial charge >= 0.3 is 5.97 Å². The average molecular weight is 385 g/mol. The van der Waals surface area contributed by atoms with Gasteiger partial charge in [0.1, 0.15) is 18.2 Å². The highest BCUT2D eigenvalue weighted by Crippen LogP contribution is 2.39. The van der Waals surface area contributed by atoms with Crippen molar-refractivity contribution in [3.63, 3.8) is 0 Å². The first-order valence-electron chi connectivity index (χ1n) is 8.09. The minimum Gasteiger partial charge on any atom is -0.466 e. The first-order chi connectivity index (χ1) is 13.1. The standard InChI is InChI=1S/C19H14ClFN4O2/c1-27-18(26)15-16(11-6-8-12(20)9-7-11)24-19-22-10-23-25(19)17(15)13-4-2-3-5-14(13)21/h2-10,17H,1H3,(H,22,23,24)/t17-/m0/s1. The van der Waals surface area contributed by atoms with Gasteiger partial charge in [0.05, 0.1) is 18.4 Å². The summed E-state index contributed by atoms with van der Waals surface area (Å²) in [5.74, 6) is -0.662. The molecule has 0 saturated carbocycles. The van der Waals surface area contributed by atoms with Gasteiger partial charge in [-0.3, -0.25) is 0 Å². The third-order valence-corrected chi connectivity index (χ3v) is 4.59. The lowest BCUT2D eigenvalue weighted by Crippen LogP contribution is -2.30. The molecule has 136 valence electrons. The Labute approximate surface area is 159 Å². The quantitative estimate of drug-likeness (QED) is 0.698. The number of carbonyl (C=O) groups is 1. The van der Waals surface area contributed by atoms with Crippen LogP contribution in [0.1, 0.15) is 17.2 Å². The molecule has 8 heteroatoms. The lowest BCUT2D eigenvalue weighted by atomic mass is 9.92. The second-order valence-electron chi connectivity index (χ2n) is 5.86. The molecule has 1 aromatic heterocycles. The van der Waals surface area contributed by atoms with Crippen LogP contribution in [0.4, 0.5) is 10.3 Å². The maximum absolute atomic E-state index is 14.6. The molecule has 0 aliphatic carbocycles. The second-order valence-corrected chi connectivity index (χ2v) is 6.30. The van der Waals surface area contributed by atoms with Gasteiger partial charge in [0, 0.05) is 10.6 Å². The van der Waals surface area contributed by atoms with Crippen LogP contribution in [0.15, 0.2) is 60.4 Å². The number of rotatable bonds is 3. The van der Waals surface area contributed by atoms with E-state index in [4.69, 9.17) is 16.3 Å². The Bertz CT molecular complexity index is 1050. The summed E-state index contributed by atoms with van der Waals surface area (Å²) in [7, 11) is 1.28. The molecule has 0 spiro atoms. The van der Waals surface area contributed by atoms with Gasteiger partial charge in [0.2, 0.25) is 5.95 Å². The average Bonchev–Trinajstić information content (AvgIpc) is 3.15. The first-order valence-corrected chi connectivity index (χ1v) is 8.47. The van der Waals surface area contributed by atoms with Crippen LogP contribution >= 0.6 is 11.6 Å². The Morgan fingerprint density at radius 3 is 2.67 bits per heavy atom. The number of aromatic nitrogens is 3. The SMILES string of the molecule is COC(=O)C1=C(c2ccc(Cl)cc2)Nc2ncnn2[C@H]1c1ccccc1F. The molecule has 3 aromatic rings. The van der Waals surface area contributed by atoms with Gasteiger partial charge in [-0.15, -0.1) is 0 Å². The van der Waals surface area contributed by atoms with Gasteiger partial charge < -0.3 is 10.1 Å². The molecular weight excluding hydrogens is 371 g/mol. The molecule has 0 saturated heterocycles. The number of carbonyl (C=O) groups excluding carboxylic acids is 1. The van der Waals surface area contributed by atoms with Crippen LogP contribution in [-0.2, 0) is 9.53 Å². The van der Waals surface area contributed by atoms with Crippen LogP contribution in [0.25, 0.3) is 5.70 Å². The molecule has 1 aliphatic rings. The van der Waals surface area contributed by atoms with Crippen molar-refractivity contribution in [3.05, 3.63) is 82.4 Å². The highest BCUT2D eigenvalue weighted by atomic mass is 35.5. The van der Waals surface area contributed by atoms with Crippen LogP contribution in [0, 0.1) is 5.82 Å². The molecule has 1 atom stereocenters. The summed E-state index contributed by atoms with van der Waals surface area (Å²) >= 11 is 5.98. The molecular formula is C19H14ClFN4O2. The van der Waals surface area contributed by atoms with Crippen molar-refractivity contribution in [2.24, 2.45) is 0 Å². The van der Waals surface area contributed by atoms with Gasteiger partial charge in [-0.2, -0.15) is 10.1 Å². The summed E-state index contributed by atoms with van der Waals surface area (Å²) in [5.41, 5.74) is 1.67. The minimum atomic E-state index is -0.830. The predicted molar refractivity (Wildman–Crippen MR) is 98.6 cm³/mol. The zero-order valence-electron chi connectivity index (χ0n) is 14.2. The molecule has 0 fully saturated rings. The van der Waals surface area contributed by atoms with E-state index in [9.17, 15) is 9.18 Å². The van der Waals surface area contributed by atoms with Gasteiger partial charge in [0.25, 0.3) is 0 Å². The summed E-state index contributed by atoms with van der Waals surface area (Å²) < 4.78 is 21.1. The van der Waals surface area contributed by atoms with Gasteiger partial charge in [0.15, 0.2) is 0 Å². The molecule has 0 unspecified atom stereocenters. The van der Waals surface area contributed by atoms with Crippen molar-refractivity contribution in [2.45, 2.75) is 6.04 Å². The van der Waals surface area contributed by atoms with Crippen molar-refractivity contribution in [1.29, 1.82) is 0 Å². The van der Waals surface area contributed by atoms with E-state index < -0.39 is 17.8 Å². The Balaban J connectivity index is 2.00. The van der Waals surface area contributed by atoms with Crippen molar-refractivity contribution in [2.75, 3.05) is 12.4 Å². The van der Waals surface area contributed by atoms with Crippen LogP contribution in [0.3, 0.4) is 0 Å². The highest BCUT2D eigenvalue weighted by molar-refractivity contribution is 6.30. The summed E-state index contributed by atoms with van der Waals surface area (Å²) in [6, 6.07) is 12.3. The van der Waals surface area contributed by atoms with E-state index in [0.717, 1.165) is 0 Å². The smallest absolute Gasteiger partial charge is 0.338 e. The topological polar surface area (TPSA) is 69.0 Å². The summed E-state index contributed by atoms with van der Waals surface area (Å²) in [5, 5.41) is 7.84. The third kappa shape index (κ3) is 2.96. The number of halogens is 2. The fourth-order valence-electron chi connectivity index (χ4n) is 3.12. The second kappa shape index (κ2) is 6.85. The lowest BCUT2D eigenvalue weighted by molar-refractivity contribution is -0.136. The fourth-order valence-corrected chi connectivity index (χ4v) is 3.24. The molecule has 0 radical (unpaired) electrons. The highest BCUT2D eigenvalue weighted by Gasteiger charge is 2.37. The van der Waals surface area contributed by atoms with Crippen LogP contribution in [-0.4, -0.2) is 27.8 Å². The van der Waals surface area contributed by atoms with Gasteiger partial charge in [-0.05, 0) is 23.8 Å². The molecule has 2 heterocycles.